The molecule has 3 aromatic heterocycles. The maximum Gasteiger partial charge on any atom is 0.394 e. The van der Waals surface area contributed by atoms with Crippen molar-refractivity contribution in [2.75, 3.05) is 13.1 Å². The van der Waals surface area contributed by atoms with Crippen LogP contribution in [0.1, 0.15) is 46.8 Å². The maximum absolute atomic E-state index is 13.6. The van der Waals surface area contributed by atoms with E-state index in [1.165, 1.54) is 28.5 Å². The third-order valence-electron chi connectivity index (χ3n) is 8.30. The molecule has 2 unspecified atom stereocenters. The molecule has 6 rings (SSSR count). The van der Waals surface area contributed by atoms with Crippen LogP contribution in [0.5, 0.6) is 0 Å². The van der Waals surface area contributed by atoms with Gasteiger partial charge < -0.3 is 10.6 Å². The summed E-state index contributed by atoms with van der Waals surface area (Å²) < 4.78 is 40.7. The summed E-state index contributed by atoms with van der Waals surface area (Å²) >= 11 is 1.29. The summed E-state index contributed by atoms with van der Waals surface area (Å²) in [5.74, 6) is -1.28. The van der Waals surface area contributed by atoms with Gasteiger partial charge >= 0.3 is 6.18 Å². The van der Waals surface area contributed by atoms with E-state index in [0.29, 0.717) is 45.7 Å². The van der Waals surface area contributed by atoms with E-state index in [2.05, 4.69) is 9.97 Å². The third-order valence-corrected chi connectivity index (χ3v) is 9.44. The van der Waals surface area contributed by atoms with Crippen LogP contribution in [0.2, 0.25) is 0 Å². The third kappa shape index (κ3) is 4.37. The lowest BCUT2D eigenvalue weighted by Crippen LogP contribution is -2.35. The Balaban J connectivity index is 1.42. The summed E-state index contributed by atoms with van der Waals surface area (Å²) in [7, 11) is 0. The van der Waals surface area contributed by atoms with E-state index in [4.69, 9.17) is 5.73 Å². The van der Waals surface area contributed by atoms with Crippen molar-refractivity contribution >= 4 is 39.3 Å². The zero-order valence-corrected chi connectivity index (χ0v) is 23.0. The number of amides is 3. The number of fused-ring (bicyclic) bond motifs is 2. The second-order valence-corrected chi connectivity index (χ2v) is 12.7. The molecule has 2 saturated heterocycles. The van der Waals surface area contributed by atoms with Gasteiger partial charge in [0.2, 0.25) is 11.8 Å². The molecule has 0 bridgehead atoms. The van der Waals surface area contributed by atoms with Gasteiger partial charge in [0.25, 0.3) is 5.91 Å². The highest BCUT2D eigenvalue weighted by atomic mass is 32.1. The number of pyridine rings is 2. The molecule has 40 heavy (non-hydrogen) atoms. The van der Waals surface area contributed by atoms with Crippen LogP contribution in [0.15, 0.2) is 24.4 Å². The number of piperidine rings is 1. The van der Waals surface area contributed by atoms with Crippen LogP contribution in [-0.4, -0.2) is 62.8 Å². The molecule has 12 heteroatoms. The Bertz CT molecular complexity index is 1560. The monoisotopic (exact) mass is 571 g/mol. The summed E-state index contributed by atoms with van der Waals surface area (Å²) in [6.45, 7) is 6.36. The molecule has 1 aliphatic carbocycles. The molecule has 0 spiro atoms. The number of hydrogen-bond acceptors (Lipinski definition) is 7. The number of halogens is 3. The van der Waals surface area contributed by atoms with Gasteiger partial charge in [0.15, 0.2) is 0 Å². The van der Waals surface area contributed by atoms with E-state index in [9.17, 15) is 27.6 Å². The quantitative estimate of drug-likeness (QED) is 0.462. The van der Waals surface area contributed by atoms with Crippen LogP contribution in [0, 0.1) is 24.2 Å². The van der Waals surface area contributed by atoms with E-state index in [1.807, 2.05) is 13.8 Å². The number of carbonyl (C=O) groups excluding carboxylic acids is 3. The molecule has 1 saturated carbocycles. The highest BCUT2D eigenvalue weighted by molar-refractivity contribution is 7.19. The van der Waals surface area contributed by atoms with Crippen molar-refractivity contribution in [3.05, 3.63) is 46.1 Å². The SMILES string of the molecule is Cc1cc(CC(F)(F)F)nc(-c2ccnc3cc(CN4C(=O)C5C(C4=O)C5(C)C)sc23)c1C(=O)N1CC[C@H](N)C1. The molecule has 5 heterocycles. The Labute approximate surface area is 232 Å². The van der Waals surface area contributed by atoms with Crippen molar-refractivity contribution in [3.8, 4) is 11.3 Å². The molecule has 3 fully saturated rings. The van der Waals surface area contributed by atoms with Crippen LogP contribution in [0.3, 0.4) is 0 Å². The fraction of sp³-hybridized carbons (Fsp3) is 0.464. The number of alkyl halides is 3. The fourth-order valence-corrected chi connectivity index (χ4v) is 7.32. The van der Waals surface area contributed by atoms with Gasteiger partial charge in [0.1, 0.15) is 0 Å². The average molecular weight is 572 g/mol. The zero-order valence-electron chi connectivity index (χ0n) is 22.2. The first-order valence-corrected chi connectivity index (χ1v) is 13.9. The molecule has 3 atom stereocenters. The van der Waals surface area contributed by atoms with Crippen molar-refractivity contribution in [2.45, 2.75) is 52.4 Å². The molecule has 3 aliphatic rings. The molecule has 2 aliphatic heterocycles. The number of imide groups is 1. The van der Waals surface area contributed by atoms with Gasteiger partial charge in [-0.3, -0.25) is 29.3 Å². The molecule has 3 amide bonds. The van der Waals surface area contributed by atoms with Crippen molar-refractivity contribution in [2.24, 2.45) is 23.0 Å². The normalized spacial score (nSPS) is 23.8. The number of nitrogens with zero attached hydrogens (tertiary/aromatic N) is 4. The summed E-state index contributed by atoms with van der Waals surface area (Å²) in [5, 5.41) is 0. The number of likely N-dealkylation sites (tertiary alicyclic amines) is 2. The zero-order chi connectivity index (χ0) is 28.7. The first-order chi connectivity index (χ1) is 18.8. The Kier molecular flexibility index (Phi) is 6.08. The Morgan fingerprint density at radius 3 is 2.52 bits per heavy atom. The van der Waals surface area contributed by atoms with Gasteiger partial charge in [0, 0.05) is 35.8 Å². The van der Waals surface area contributed by atoms with E-state index in [-0.39, 0.29) is 64.5 Å². The van der Waals surface area contributed by atoms with Gasteiger partial charge in [-0.05, 0) is 42.5 Å². The number of nitrogens with two attached hydrogens (primary N) is 1. The molecule has 8 nitrogen and oxygen atoms in total. The van der Waals surface area contributed by atoms with Crippen molar-refractivity contribution in [3.63, 3.8) is 0 Å². The number of carbonyl (C=O) groups is 3. The highest BCUT2D eigenvalue weighted by Gasteiger charge is 2.72. The number of aryl methyl sites for hydroxylation is 1. The summed E-state index contributed by atoms with van der Waals surface area (Å²) in [5.41, 5.74) is 7.32. The van der Waals surface area contributed by atoms with Gasteiger partial charge in [-0.15, -0.1) is 11.3 Å². The largest absolute Gasteiger partial charge is 0.394 e. The van der Waals surface area contributed by atoms with Crippen LogP contribution in [0.4, 0.5) is 13.2 Å². The predicted molar refractivity (Wildman–Crippen MR) is 142 cm³/mol. The fourth-order valence-electron chi connectivity index (χ4n) is 6.20. The lowest BCUT2D eigenvalue weighted by molar-refractivity contribution is -0.143. The predicted octanol–water partition coefficient (Wildman–Crippen LogP) is 4.09. The summed E-state index contributed by atoms with van der Waals surface area (Å²) in [6, 6.07) is 4.56. The van der Waals surface area contributed by atoms with Gasteiger partial charge in [-0.2, -0.15) is 13.2 Å². The summed E-state index contributed by atoms with van der Waals surface area (Å²) in [6.07, 6.45) is -3.55. The number of rotatable bonds is 5. The minimum atomic E-state index is -4.47. The number of hydrogen-bond donors (Lipinski definition) is 1. The highest BCUT2D eigenvalue weighted by Crippen LogP contribution is 2.63. The van der Waals surface area contributed by atoms with Gasteiger partial charge in [0.05, 0.1) is 52.0 Å². The average Bonchev–Trinajstić information content (AvgIpc) is 3.24. The minimum Gasteiger partial charge on any atom is -0.337 e. The molecule has 3 aromatic rings. The van der Waals surface area contributed by atoms with E-state index in [0.717, 1.165) is 0 Å². The molecular weight excluding hydrogens is 543 g/mol. The van der Waals surface area contributed by atoms with Crippen molar-refractivity contribution in [1.82, 2.24) is 19.8 Å². The molecular formula is C28H28F3N5O3S. The smallest absolute Gasteiger partial charge is 0.337 e. The van der Waals surface area contributed by atoms with Crippen LogP contribution in [0.25, 0.3) is 21.5 Å². The first-order valence-electron chi connectivity index (χ1n) is 13.1. The second kappa shape index (κ2) is 9.07. The van der Waals surface area contributed by atoms with E-state index < -0.39 is 12.6 Å². The second-order valence-electron chi connectivity index (χ2n) is 11.6. The number of thiophene rings is 1. The van der Waals surface area contributed by atoms with E-state index >= 15 is 0 Å². The van der Waals surface area contributed by atoms with Crippen molar-refractivity contribution < 1.29 is 27.6 Å². The molecule has 0 aromatic carbocycles. The van der Waals surface area contributed by atoms with Crippen LogP contribution < -0.4 is 5.73 Å². The number of aromatic nitrogens is 2. The van der Waals surface area contributed by atoms with Gasteiger partial charge in [-0.25, -0.2) is 0 Å². The lowest BCUT2D eigenvalue weighted by Gasteiger charge is -2.21. The maximum atomic E-state index is 13.6. The molecule has 210 valence electrons. The lowest BCUT2D eigenvalue weighted by atomic mass is 9.99. The first kappa shape index (κ1) is 26.8. The van der Waals surface area contributed by atoms with Crippen LogP contribution in [-0.2, 0) is 22.6 Å². The standard InChI is InChI=1S/C28H28F3N5O3S/c1-13-8-15(10-28(29,30)31)34-22(19(13)24(37)35-7-5-14(32)11-35)17-4-6-33-18-9-16(40-23(17)18)12-36-25(38)20-21(26(36)39)27(20,2)3/h4,6,8-9,14,20-21H,5,7,10-12,32H2,1-3H3/t14-,20?,21?/m0/s1. The van der Waals surface area contributed by atoms with Crippen molar-refractivity contribution in [1.29, 1.82) is 0 Å². The Morgan fingerprint density at radius 2 is 1.90 bits per heavy atom. The minimum absolute atomic E-state index is 0.0965. The molecule has 0 radical (unpaired) electrons. The Hall–Kier alpha value is -3.38. The van der Waals surface area contributed by atoms with Gasteiger partial charge in [-0.1, -0.05) is 13.8 Å². The topological polar surface area (TPSA) is 109 Å². The summed E-state index contributed by atoms with van der Waals surface area (Å²) in [4.78, 5) is 51.8. The van der Waals surface area contributed by atoms with Crippen LogP contribution >= 0.6 is 11.3 Å². The Morgan fingerprint density at radius 1 is 1.20 bits per heavy atom. The van der Waals surface area contributed by atoms with E-state index in [1.54, 1.807) is 24.0 Å². The molecule has 2 N–H and O–H groups in total.